The molecule has 1 unspecified atom stereocenters. The van der Waals surface area contributed by atoms with Gasteiger partial charge in [0.05, 0.1) is 0 Å². The van der Waals surface area contributed by atoms with Crippen molar-refractivity contribution in [1.29, 1.82) is 0 Å². The Hall–Kier alpha value is -0.940. The van der Waals surface area contributed by atoms with Gasteiger partial charge in [-0.25, -0.2) is 5.84 Å². The van der Waals surface area contributed by atoms with Crippen molar-refractivity contribution in [2.75, 3.05) is 13.1 Å². The Morgan fingerprint density at radius 1 is 1.46 bits per heavy atom. The van der Waals surface area contributed by atoms with Gasteiger partial charge in [-0.3, -0.25) is 19.9 Å². The zero-order chi connectivity index (χ0) is 9.42. The molecule has 5 heteroatoms. The second kappa shape index (κ2) is 3.08. The average molecular weight is 183 g/mol. The van der Waals surface area contributed by atoms with E-state index in [1.807, 2.05) is 10.3 Å². The molecule has 3 heterocycles. The van der Waals surface area contributed by atoms with Crippen LogP contribution >= 0.6 is 0 Å². The van der Waals surface area contributed by atoms with Crippen LogP contribution < -0.4 is 11.3 Å². The van der Waals surface area contributed by atoms with Gasteiger partial charge in [-0.1, -0.05) is 0 Å². The van der Waals surface area contributed by atoms with E-state index < -0.39 is 6.04 Å². The Morgan fingerprint density at radius 2 is 2.08 bits per heavy atom. The number of carbonyl (C=O) groups is 2. The first-order chi connectivity index (χ1) is 6.24. The summed E-state index contributed by atoms with van der Waals surface area (Å²) in [7, 11) is 0. The van der Waals surface area contributed by atoms with E-state index in [-0.39, 0.29) is 17.6 Å². The summed E-state index contributed by atoms with van der Waals surface area (Å²) >= 11 is 0. The fraction of sp³-hybridized carbons (Fsp3) is 0.750. The van der Waals surface area contributed by atoms with Gasteiger partial charge >= 0.3 is 0 Å². The first-order valence-corrected chi connectivity index (χ1v) is 4.52. The third-order valence-corrected chi connectivity index (χ3v) is 2.96. The minimum absolute atomic E-state index is 0.0421. The summed E-state index contributed by atoms with van der Waals surface area (Å²) < 4.78 is 0. The number of carbonyl (C=O) groups excluding carboxylic acids is 2. The molecule has 13 heavy (non-hydrogen) atoms. The number of nitrogens with two attached hydrogens (primary N) is 1. The second-order valence-electron chi connectivity index (χ2n) is 3.62. The van der Waals surface area contributed by atoms with Gasteiger partial charge in [0.15, 0.2) is 11.8 Å². The van der Waals surface area contributed by atoms with Gasteiger partial charge in [0, 0.05) is 19.0 Å². The summed E-state index contributed by atoms with van der Waals surface area (Å²) in [6.45, 7) is 1.68. The van der Waals surface area contributed by atoms with Gasteiger partial charge < -0.3 is 0 Å². The standard InChI is InChI=1S/C8H13N3O2/c9-10-8(13)6-7(12)5-1-3-11(6)4-2-5/h5-6H,1-4,9H2,(H,10,13). The van der Waals surface area contributed by atoms with E-state index in [9.17, 15) is 9.59 Å². The number of nitrogens with zero attached hydrogens (tertiary/aromatic N) is 1. The molecule has 3 fully saturated rings. The predicted octanol–water partition coefficient (Wildman–Crippen LogP) is -1.36. The van der Waals surface area contributed by atoms with Crippen molar-refractivity contribution >= 4 is 11.7 Å². The molecule has 3 aliphatic heterocycles. The third kappa shape index (κ3) is 1.24. The first-order valence-electron chi connectivity index (χ1n) is 4.52. The van der Waals surface area contributed by atoms with Crippen molar-refractivity contribution in [3.8, 4) is 0 Å². The molecule has 1 atom stereocenters. The number of fused-ring (bicyclic) bond motifs is 3. The van der Waals surface area contributed by atoms with E-state index in [1.54, 1.807) is 0 Å². The Bertz CT molecular complexity index is 246. The summed E-state index contributed by atoms with van der Waals surface area (Å²) in [6, 6.07) is -0.613. The highest BCUT2D eigenvalue weighted by Crippen LogP contribution is 2.28. The van der Waals surface area contributed by atoms with Crippen LogP contribution in [-0.2, 0) is 9.59 Å². The van der Waals surface area contributed by atoms with Crippen LogP contribution in [-0.4, -0.2) is 35.7 Å². The van der Waals surface area contributed by atoms with E-state index in [1.165, 1.54) is 0 Å². The van der Waals surface area contributed by atoms with E-state index in [0.717, 1.165) is 25.9 Å². The molecule has 2 bridgehead atoms. The number of hydrazine groups is 1. The van der Waals surface area contributed by atoms with Gasteiger partial charge in [0.25, 0.3) is 5.91 Å². The van der Waals surface area contributed by atoms with Crippen LogP contribution in [0.2, 0.25) is 0 Å². The summed E-state index contributed by atoms with van der Waals surface area (Å²) in [5, 5.41) is 0. The van der Waals surface area contributed by atoms with E-state index in [2.05, 4.69) is 0 Å². The molecule has 5 nitrogen and oxygen atoms in total. The number of hydrogen-bond acceptors (Lipinski definition) is 4. The van der Waals surface area contributed by atoms with Crippen molar-refractivity contribution in [3.63, 3.8) is 0 Å². The van der Waals surface area contributed by atoms with Gasteiger partial charge in [0.2, 0.25) is 0 Å². The molecular formula is C8H13N3O2. The highest BCUT2D eigenvalue weighted by atomic mass is 16.2. The van der Waals surface area contributed by atoms with Gasteiger partial charge in [-0.15, -0.1) is 0 Å². The van der Waals surface area contributed by atoms with Gasteiger partial charge in [-0.2, -0.15) is 0 Å². The molecule has 0 aromatic rings. The SMILES string of the molecule is NNC(=O)C1C(=O)C2CCN1CC2. The van der Waals surface area contributed by atoms with Crippen LogP contribution in [0.15, 0.2) is 0 Å². The predicted molar refractivity (Wildman–Crippen MR) is 45.4 cm³/mol. The van der Waals surface area contributed by atoms with Crippen molar-refractivity contribution in [2.45, 2.75) is 18.9 Å². The molecule has 0 saturated carbocycles. The zero-order valence-electron chi connectivity index (χ0n) is 7.32. The number of amides is 1. The molecular weight excluding hydrogens is 170 g/mol. The van der Waals surface area contributed by atoms with E-state index in [4.69, 9.17) is 5.84 Å². The number of Topliss-reactive ketones (excluding diaryl/α,β-unsaturated/α-hetero) is 1. The summed E-state index contributed by atoms with van der Waals surface area (Å²) in [5.41, 5.74) is 2.05. The van der Waals surface area contributed by atoms with Crippen molar-refractivity contribution in [1.82, 2.24) is 10.3 Å². The molecule has 0 aliphatic carbocycles. The lowest BCUT2D eigenvalue weighted by Crippen LogP contribution is -2.62. The van der Waals surface area contributed by atoms with Gasteiger partial charge in [-0.05, 0) is 12.8 Å². The summed E-state index contributed by atoms with van der Waals surface area (Å²) in [5.74, 6) is 4.78. The monoisotopic (exact) mass is 183 g/mol. The zero-order valence-corrected chi connectivity index (χ0v) is 7.32. The normalized spacial score (nSPS) is 37.6. The van der Waals surface area contributed by atoms with Crippen LogP contribution in [0.4, 0.5) is 0 Å². The van der Waals surface area contributed by atoms with E-state index >= 15 is 0 Å². The first kappa shape index (κ1) is 8.65. The van der Waals surface area contributed by atoms with Crippen LogP contribution in [0.25, 0.3) is 0 Å². The molecule has 3 saturated heterocycles. The maximum absolute atomic E-state index is 11.6. The topological polar surface area (TPSA) is 75.4 Å². The number of piperidine rings is 3. The van der Waals surface area contributed by atoms with Crippen molar-refractivity contribution in [2.24, 2.45) is 11.8 Å². The lowest BCUT2D eigenvalue weighted by Gasteiger charge is -2.42. The fourth-order valence-corrected chi connectivity index (χ4v) is 2.22. The lowest BCUT2D eigenvalue weighted by atomic mass is 9.82. The third-order valence-electron chi connectivity index (χ3n) is 2.96. The maximum atomic E-state index is 11.6. The van der Waals surface area contributed by atoms with Crippen LogP contribution in [0.5, 0.6) is 0 Å². The highest BCUT2D eigenvalue weighted by molar-refractivity contribution is 6.07. The van der Waals surface area contributed by atoms with Crippen molar-refractivity contribution in [3.05, 3.63) is 0 Å². The molecule has 0 aromatic heterocycles. The fourth-order valence-electron chi connectivity index (χ4n) is 2.22. The quantitative estimate of drug-likeness (QED) is 0.228. The Morgan fingerprint density at radius 3 is 2.54 bits per heavy atom. The molecule has 0 radical (unpaired) electrons. The average Bonchev–Trinajstić information content (AvgIpc) is 2.18. The number of rotatable bonds is 1. The molecule has 3 N–H and O–H groups in total. The maximum Gasteiger partial charge on any atom is 0.258 e. The molecule has 1 amide bonds. The van der Waals surface area contributed by atoms with Crippen LogP contribution in [0, 0.1) is 5.92 Å². The van der Waals surface area contributed by atoms with Crippen LogP contribution in [0.1, 0.15) is 12.8 Å². The molecule has 0 spiro atoms. The minimum Gasteiger partial charge on any atom is -0.297 e. The Balaban J connectivity index is 2.18. The highest BCUT2D eigenvalue weighted by Gasteiger charge is 2.44. The Kier molecular flexibility index (Phi) is 2.05. The summed E-state index contributed by atoms with van der Waals surface area (Å²) in [6.07, 6.45) is 1.79. The van der Waals surface area contributed by atoms with Crippen molar-refractivity contribution < 1.29 is 9.59 Å². The minimum atomic E-state index is -0.613. The molecule has 0 aromatic carbocycles. The number of ketones is 1. The summed E-state index contributed by atoms with van der Waals surface area (Å²) in [4.78, 5) is 24.8. The molecule has 3 rings (SSSR count). The largest absolute Gasteiger partial charge is 0.297 e. The lowest BCUT2D eigenvalue weighted by molar-refractivity contribution is -0.145. The number of hydrogen-bond donors (Lipinski definition) is 2. The second-order valence-corrected chi connectivity index (χ2v) is 3.62. The van der Waals surface area contributed by atoms with Crippen LogP contribution in [0.3, 0.4) is 0 Å². The number of nitrogens with one attached hydrogen (secondary N) is 1. The van der Waals surface area contributed by atoms with E-state index in [0.29, 0.717) is 0 Å². The van der Waals surface area contributed by atoms with Gasteiger partial charge in [0.1, 0.15) is 0 Å². The smallest absolute Gasteiger partial charge is 0.258 e. The molecule has 72 valence electrons. The Labute approximate surface area is 76.2 Å². The molecule has 3 aliphatic rings.